The summed E-state index contributed by atoms with van der Waals surface area (Å²) < 4.78 is 16.4. The molecular formula is C13H15BrFN3. The number of aryl methyl sites for hydroxylation is 1. The molecule has 0 unspecified atom stereocenters. The highest BCUT2D eigenvalue weighted by Gasteiger charge is 2.07. The van der Waals surface area contributed by atoms with Crippen molar-refractivity contribution in [3.8, 4) is 0 Å². The number of anilines is 1. The number of rotatable bonds is 5. The van der Waals surface area contributed by atoms with Crippen LogP contribution in [0.4, 0.5) is 10.1 Å². The van der Waals surface area contributed by atoms with E-state index in [1.165, 1.54) is 6.07 Å². The molecule has 0 aliphatic heterocycles. The van der Waals surface area contributed by atoms with Gasteiger partial charge >= 0.3 is 0 Å². The monoisotopic (exact) mass is 311 g/mol. The van der Waals surface area contributed by atoms with Crippen LogP contribution in [0.2, 0.25) is 0 Å². The molecule has 1 N–H and O–H groups in total. The van der Waals surface area contributed by atoms with E-state index in [1.54, 1.807) is 18.6 Å². The van der Waals surface area contributed by atoms with Crippen molar-refractivity contribution in [3.05, 3.63) is 46.7 Å². The van der Waals surface area contributed by atoms with Gasteiger partial charge in [-0.15, -0.1) is 0 Å². The second-order valence-electron chi connectivity index (χ2n) is 4.03. The Bertz CT molecular complexity index is 504. The number of aromatic nitrogens is 2. The molecule has 2 rings (SSSR count). The molecule has 0 saturated carbocycles. The van der Waals surface area contributed by atoms with Crippen LogP contribution < -0.4 is 5.32 Å². The quantitative estimate of drug-likeness (QED) is 0.910. The topological polar surface area (TPSA) is 29.9 Å². The number of nitrogens with one attached hydrogen (secondary N) is 1. The number of nitrogens with zero attached hydrogens (tertiary/aromatic N) is 2. The molecule has 0 atom stereocenters. The zero-order chi connectivity index (χ0) is 13.0. The highest BCUT2D eigenvalue weighted by atomic mass is 79.9. The number of para-hydroxylation sites is 1. The van der Waals surface area contributed by atoms with Gasteiger partial charge < -0.3 is 9.88 Å². The van der Waals surface area contributed by atoms with Gasteiger partial charge in [0, 0.05) is 17.2 Å². The third kappa shape index (κ3) is 2.90. The Labute approximate surface area is 114 Å². The maximum atomic E-state index is 13.6. The fourth-order valence-electron chi connectivity index (χ4n) is 1.78. The summed E-state index contributed by atoms with van der Waals surface area (Å²) in [5, 5.41) is 3.10. The molecule has 0 aliphatic rings. The van der Waals surface area contributed by atoms with Crippen LogP contribution in [0.3, 0.4) is 0 Å². The van der Waals surface area contributed by atoms with Gasteiger partial charge in [-0.3, -0.25) is 0 Å². The molecule has 1 aromatic heterocycles. The van der Waals surface area contributed by atoms with Crippen molar-refractivity contribution < 1.29 is 4.39 Å². The lowest BCUT2D eigenvalue weighted by Gasteiger charge is -2.11. The van der Waals surface area contributed by atoms with E-state index in [0.29, 0.717) is 12.2 Å². The summed E-state index contributed by atoms with van der Waals surface area (Å²) in [6, 6.07) is 4.93. The zero-order valence-corrected chi connectivity index (χ0v) is 11.7. The fourth-order valence-corrected chi connectivity index (χ4v) is 2.27. The van der Waals surface area contributed by atoms with Crippen molar-refractivity contribution in [3.63, 3.8) is 0 Å². The number of imidazole rings is 1. The molecule has 3 nitrogen and oxygen atoms in total. The Morgan fingerprint density at radius 3 is 3.00 bits per heavy atom. The Hall–Kier alpha value is -1.36. The molecule has 0 bridgehead atoms. The van der Waals surface area contributed by atoms with Crippen LogP contribution in [0.5, 0.6) is 0 Å². The summed E-state index contributed by atoms with van der Waals surface area (Å²) in [4.78, 5) is 4.12. The van der Waals surface area contributed by atoms with E-state index >= 15 is 0 Å². The number of hydrogen-bond acceptors (Lipinski definition) is 2. The molecule has 1 aromatic carbocycles. The van der Waals surface area contributed by atoms with Gasteiger partial charge in [0.25, 0.3) is 0 Å². The molecule has 0 aliphatic carbocycles. The van der Waals surface area contributed by atoms with Crippen molar-refractivity contribution in [1.82, 2.24) is 9.55 Å². The lowest BCUT2D eigenvalue weighted by molar-refractivity contribution is 0.626. The highest BCUT2D eigenvalue weighted by Crippen LogP contribution is 2.25. The van der Waals surface area contributed by atoms with Gasteiger partial charge in [-0.2, -0.15) is 0 Å². The largest absolute Gasteiger partial charge is 0.376 e. The molecular weight excluding hydrogens is 297 g/mol. The van der Waals surface area contributed by atoms with Crippen LogP contribution in [-0.2, 0) is 13.1 Å². The van der Waals surface area contributed by atoms with E-state index in [-0.39, 0.29) is 5.82 Å². The summed E-state index contributed by atoms with van der Waals surface area (Å²) in [7, 11) is 0. The maximum Gasteiger partial charge on any atom is 0.147 e. The minimum atomic E-state index is -0.258. The number of halogens is 2. The molecule has 0 saturated heterocycles. The van der Waals surface area contributed by atoms with E-state index in [2.05, 4.69) is 37.7 Å². The third-order valence-corrected chi connectivity index (χ3v) is 3.33. The molecule has 0 spiro atoms. The first-order valence-corrected chi connectivity index (χ1v) is 6.68. The standard InChI is InChI=1S/C13H15BrFN3/c1-2-6-18-9-16-7-10(18)8-17-13-11(14)4-3-5-12(13)15/h3-5,7,9,17H,2,6,8H2,1H3. The van der Waals surface area contributed by atoms with Crippen molar-refractivity contribution in [2.24, 2.45) is 0 Å². The van der Waals surface area contributed by atoms with Gasteiger partial charge in [-0.1, -0.05) is 13.0 Å². The second-order valence-corrected chi connectivity index (χ2v) is 4.88. The first-order chi connectivity index (χ1) is 8.72. The summed E-state index contributed by atoms with van der Waals surface area (Å²) in [6.07, 6.45) is 4.65. The fraction of sp³-hybridized carbons (Fsp3) is 0.308. The van der Waals surface area contributed by atoms with E-state index in [0.717, 1.165) is 23.1 Å². The smallest absolute Gasteiger partial charge is 0.147 e. The summed E-state index contributed by atoms with van der Waals surface area (Å²) in [6.45, 7) is 3.60. The van der Waals surface area contributed by atoms with Crippen molar-refractivity contribution >= 4 is 21.6 Å². The summed E-state index contributed by atoms with van der Waals surface area (Å²) in [5.74, 6) is -0.258. The molecule has 1 heterocycles. The van der Waals surface area contributed by atoms with E-state index in [9.17, 15) is 4.39 Å². The van der Waals surface area contributed by atoms with Crippen LogP contribution in [0.25, 0.3) is 0 Å². The van der Waals surface area contributed by atoms with Gasteiger partial charge in [0.05, 0.1) is 24.3 Å². The molecule has 96 valence electrons. The van der Waals surface area contributed by atoms with Crippen molar-refractivity contribution in [2.45, 2.75) is 26.4 Å². The van der Waals surface area contributed by atoms with Gasteiger partial charge in [-0.05, 0) is 34.5 Å². The molecule has 5 heteroatoms. The van der Waals surface area contributed by atoms with E-state index < -0.39 is 0 Å². The molecule has 2 aromatic rings. The van der Waals surface area contributed by atoms with Crippen molar-refractivity contribution in [1.29, 1.82) is 0 Å². The maximum absolute atomic E-state index is 13.6. The van der Waals surface area contributed by atoms with Crippen LogP contribution in [-0.4, -0.2) is 9.55 Å². The lowest BCUT2D eigenvalue weighted by atomic mass is 10.3. The molecule has 0 radical (unpaired) electrons. The summed E-state index contributed by atoms with van der Waals surface area (Å²) in [5.41, 5.74) is 1.54. The van der Waals surface area contributed by atoms with E-state index in [4.69, 9.17) is 0 Å². The van der Waals surface area contributed by atoms with Gasteiger partial charge in [0.1, 0.15) is 5.82 Å². The van der Waals surface area contributed by atoms with Gasteiger partial charge in [-0.25, -0.2) is 9.37 Å². The van der Waals surface area contributed by atoms with Gasteiger partial charge in [0.15, 0.2) is 0 Å². The Morgan fingerprint density at radius 1 is 1.44 bits per heavy atom. The lowest BCUT2D eigenvalue weighted by Crippen LogP contribution is -2.08. The third-order valence-electron chi connectivity index (χ3n) is 2.67. The van der Waals surface area contributed by atoms with Crippen LogP contribution in [0.1, 0.15) is 19.0 Å². The normalized spacial score (nSPS) is 10.6. The van der Waals surface area contributed by atoms with Gasteiger partial charge in [0.2, 0.25) is 0 Å². The predicted molar refractivity (Wildman–Crippen MR) is 73.9 cm³/mol. The average molecular weight is 312 g/mol. The van der Waals surface area contributed by atoms with Crippen LogP contribution >= 0.6 is 15.9 Å². The Morgan fingerprint density at radius 2 is 2.28 bits per heavy atom. The predicted octanol–water partition coefficient (Wildman–Crippen LogP) is 3.81. The second kappa shape index (κ2) is 6.00. The Kier molecular flexibility index (Phi) is 4.36. The van der Waals surface area contributed by atoms with Crippen LogP contribution in [0.15, 0.2) is 35.2 Å². The average Bonchev–Trinajstić information content (AvgIpc) is 2.77. The SMILES string of the molecule is CCCn1cncc1CNc1c(F)cccc1Br. The van der Waals surface area contributed by atoms with E-state index in [1.807, 2.05) is 6.07 Å². The molecule has 0 fully saturated rings. The first kappa shape index (κ1) is 13.1. The summed E-state index contributed by atoms with van der Waals surface area (Å²) >= 11 is 3.34. The zero-order valence-electron chi connectivity index (χ0n) is 10.2. The first-order valence-electron chi connectivity index (χ1n) is 5.89. The van der Waals surface area contributed by atoms with Crippen molar-refractivity contribution in [2.75, 3.05) is 5.32 Å². The number of benzene rings is 1. The minimum Gasteiger partial charge on any atom is -0.376 e. The number of hydrogen-bond donors (Lipinski definition) is 1. The Balaban J connectivity index is 2.09. The van der Waals surface area contributed by atoms with Crippen LogP contribution in [0, 0.1) is 5.82 Å². The molecule has 0 amide bonds. The minimum absolute atomic E-state index is 0.258. The molecule has 18 heavy (non-hydrogen) atoms. The highest BCUT2D eigenvalue weighted by molar-refractivity contribution is 9.10.